The molecule has 0 bridgehead atoms. The minimum atomic E-state index is -0.845. The van der Waals surface area contributed by atoms with Gasteiger partial charge in [0.1, 0.15) is 0 Å². The Balaban J connectivity index is 2.40. The summed E-state index contributed by atoms with van der Waals surface area (Å²) in [5, 5.41) is 5.64. The van der Waals surface area contributed by atoms with Crippen molar-refractivity contribution in [3.63, 3.8) is 0 Å². The molecule has 3 atom stereocenters. The van der Waals surface area contributed by atoms with Gasteiger partial charge >= 0.3 is 0 Å². The highest BCUT2D eigenvalue weighted by Gasteiger charge is 2.16. The van der Waals surface area contributed by atoms with Gasteiger partial charge in [0.15, 0.2) is 0 Å². The highest BCUT2D eigenvalue weighted by atomic mass is 32.2. The summed E-state index contributed by atoms with van der Waals surface area (Å²) in [7, 11) is -0.845. The highest BCUT2D eigenvalue weighted by molar-refractivity contribution is 7.87. The van der Waals surface area contributed by atoms with Gasteiger partial charge in [-0.1, -0.05) is 19.9 Å². The van der Waals surface area contributed by atoms with Crippen LogP contribution in [0.15, 0.2) is 21.7 Å². The number of nitrogens with one attached hydrogen (secondary N) is 1. The van der Waals surface area contributed by atoms with Crippen LogP contribution in [-0.2, 0) is 10.8 Å². The first-order valence-electron chi connectivity index (χ1n) is 5.82. The van der Waals surface area contributed by atoms with Crippen LogP contribution in [0.2, 0.25) is 0 Å². The first-order valence-corrected chi connectivity index (χ1v) is 7.91. The van der Waals surface area contributed by atoms with Gasteiger partial charge in [-0.05, 0) is 37.8 Å². The molecule has 1 heterocycles. The monoisotopic (exact) mass is 259 g/mol. The summed E-state index contributed by atoms with van der Waals surface area (Å²) >= 11 is 1.58. The minimum Gasteiger partial charge on any atom is -0.314 e. The lowest BCUT2D eigenvalue weighted by Crippen LogP contribution is -2.31. The molecule has 0 saturated heterocycles. The maximum atomic E-state index is 12.1. The van der Waals surface area contributed by atoms with Gasteiger partial charge in [-0.2, -0.15) is 0 Å². The Labute approximate surface area is 105 Å². The van der Waals surface area contributed by atoms with E-state index in [1.54, 1.807) is 11.3 Å². The SMILES string of the molecule is CCCNC(C)CC(C)S(=O)c1cccs1. The number of hydrogen-bond acceptors (Lipinski definition) is 3. The van der Waals surface area contributed by atoms with Gasteiger partial charge in [0, 0.05) is 11.3 Å². The number of thiophene rings is 1. The van der Waals surface area contributed by atoms with Crippen molar-refractivity contribution in [3.05, 3.63) is 17.5 Å². The molecule has 1 rings (SSSR count). The van der Waals surface area contributed by atoms with E-state index in [0.717, 1.165) is 23.6 Å². The fraction of sp³-hybridized carbons (Fsp3) is 0.667. The largest absolute Gasteiger partial charge is 0.314 e. The standard InChI is InChI=1S/C12H21NOS2/c1-4-7-13-10(2)9-11(3)16(14)12-6-5-8-15-12/h5-6,8,10-11,13H,4,7,9H2,1-3H3. The van der Waals surface area contributed by atoms with E-state index in [1.165, 1.54) is 0 Å². The van der Waals surface area contributed by atoms with E-state index >= 15 is 0 Å². The van der Waals surface area contributed by atoms with Crippen molar-refractivity contribution in [1.29, 1.82) is 0 Å². The zero-order chi connectivity index (χ0) is 12.0. The smallest absolute Gasteiger partial charge is 0.0913 e. The molecular weight excluding hydrogens is 238 g/mol. The Morgan fingerprint density at radius 3 is 2.81 bits per heavy atom. The van der Waals surface area contributed by atoms with Crippen molar-refractivity contribution in [2.75, 3.05) is 6.54 Å². The molecule has 0 aliphatic rings. The van der Waals surface area contributed by atoms with E-state index in [2.05, 4.69) is 26.1 Å². The average Bonchev–Trinajstić information content (AvgIpc) is 2.78. The molecule has 0 saturated carbocycles. The van der Waals surface area contributed by atoms with Crippen LogP contribution in [0.4, 0.5) is 0 Å². The molecule has 0 aliphatic heterocycles. The second kappa shape index (κ2) is 7.20. The third kappa shape index (κ3) is 4.36. The van der Waals surface area contributed by atoms with Crippen LogP contribution in [0.25, 0.3) is 0 Å². The Morgan fingerprint density at radius 1 is 1.50 bits per heavy atom. The molecule has 0 amide bonds. The van der Waals surface area contributed by atoms with Gasteiger partial charge in [0.2, 0.25) is 0 Å². The fourth-order valence-electron chi connectivity index (χ4n) is 1.64. The van der Waals surface area contributed by atoms with Crippen LogP contribution in [0, 0.1) is 0 Å². The van der Waals surface area contributed by atoms with Crippen molar-refractivity contribution < 1.29 is 4.21 Å². The Hall–Kier alpha value is -0.190. The van der Waals surface area contributed by atoms with Crippen molar-refractivity contribution in [2.24, 2.45) is 0 Å². The Morgan fingerprint density at radius 2 is 2.25 bits per heavy atom. The molecule has 1 aromatic heterocycles. The molecular formula is C12H21NOS2. The molecule has 0 spiro atoms. The van der Waals surface area contributed by atoms with Crippen LogP contribution >= 0.6 is 11.3 Å². The lowest BCUT2D eigenvalue weighted by Gasteiger charge is -2.17. The first-order chi connectivity index (χ1) is 7.65. The third-order valence-corrected chi connectivity index (χ3v) is 5.39. The zero-order valence-electron chi connectivity index (χ0n) is 10.2. The number of rotatable bonds is 7. The zero-order valence-corrected chi connectivity index (χ0v) is 11.9. The molecule has 1 N–H and O–H groups in total. The van der Waals surface area contributed by atoms with Crippen LogP contribution in [0.5, 0.6) is 0 Å². The second-order valence-electron chi connectivity index (χ2n) is 4.13. The quantitative estimate of drug-likeness (QED) is 0.815. The van der Waals surface area contributed by atoms with Crippen LogP contribution in [0.3, 0.4) is 0 Å². The fourth-order valence-corrected chi connectivity index (χ4v) is 4.20. The molecule has 0 aromatic carbocycles. The van der Waals surface area contributed by atoms with Crippen molar-refractivity contribution in [1.82, 2.24) is 5.32 Å². The first kappa shape index (κ1) is 13.9. The molecule has 0 fully saturated rings. The molecule has 3 unspecified atom stereocenters. The van der Waals surface area contributed by atoms with Crippen LogP contribution in [0.1, 0.15) is 33.6 Å². The van der Waals surface area contributed by atoms with Crippen molar-refractivity contribution in [3.8, 4) is 0 Å². The Kier molecular flexibility index (Phi) is 6.24. The summed E-state index contributed by atoms with van der Waals surface area (Å²) in [6.07, 6.45) is 2.11. The third-order valence-electron chi connectivity index (χ3n) is 2.49. The van der Waals surface area contributed by atoms with Gasteiger partial charge in [0.25, 0.3) is 0 Å². The summed E-state index contributed by atoms with van der Waals surface area (Å²) in [5.41, 5.74) is 0. The van der Waals surface area contributed by atoms with Gasteiger partial charge in [-0.25, -0.2) is 0 Å². The summed E-state index contributed by atoms with van der Waals surface area (Å²) in [6, 6.07) is 4.36. The minimum absolute atomic E-state index is 0.220. The molecule has 92 valence electrons. The van der Waals surface area contributed by atoms with Crippen molar-refractivity contribution >= 4 is 22.1 Å². The van der Waals surface area contributed by atoms with Gasteiger partial charge in [-0.15, -0.1) is 11.3 Å². The maximum absolute atomic E-state index is 12.1. The molecule has 0 aliphatic carbocycles. The number of hydrogen-bond donors (Lipinski definition) is 1. The molecule has 1 aromatic rings. The van der Waals surface area contributed by atoms with E-state index in [4.69, 9.17) is 0 Å². The van der Waals surface area contributed by atoms with Gasteiger partial charge in [-0.3, -0.25) is 4.21 Å². The molecule has 4 heteroatoms. The topological polar surface area (TPSA) is 29.1 Å². The lowest BCUT2D eigenvalue weighted by molar-refractivity contribution is 0.508. The predicted octanol–water partition coefficient (Wildman–Crippen LogP) is 3.02. The molecule has 16 heavy (non-hydrogen) atoms. The van der Waals surface area contributed by atoms with Crippen LogP contribution in [-0.4, -0.2) is 22.0 Å². The van der Waals surface area contributed by atoms with E-state index < -0.39 is 10.8 Å². The predicted molar refractivity (Wildman–Crippen MR) is 72.6 cm³/mol. The summed E-state index contributed by atoms with van der Waals surface area (Å²) in [4.78, 5) is 0. The summed E-state index contributed by atoms with van der Waals surface area (Å²) in [5.74, 6) is 0. The van der Waals surface area contributed by atoms with E-state index in [0.29, 0.717) is 6.04 Å². The lowest BCUT2D eigenvalue weighted by atomic mass is 10.2. The van der Waals surface area contributed by atoms with Gasteiger partial charge < -0.3 is 5.32 Å². The highest BCUT2D eigenvalue weighted by Crippen LogP contribution is 2.19. The normalized spacial score (nSPS) is 16.9. The van der Waals surface area contributed by atoms with E-state index in [9.17, 15) is 4.21 Å². The average molecular weight is 259 g/mol. The van der Waals surface area contributed by atoms with Gasteiger partial charge in [0.05, 0.1) is 15.0 Å². The molecule has 0 radical (unpaired) electrons. The van der Waals surface area contributed by atoms with Crippen molar-refractivity contribution in [2.45, 2.75) is 49.1 Å². The maximum Gasteiger partial charge on any atom is 0.0913 e. The summed E-state index contributed by atoms with van der Waals surface area (Å²) < 4.78 is 13.1. The molecule has 2 nitrogen and oxygen atoms in total. The van der Waals surface area contributed by atoms with Crippen LogP contribution < -0.4 is 5.32 Å². The Bertz CT molecular complexity index is 311. The second-order valence-corrected chi connectivity index (χ2v) is 7.18. The van der Waals surface area contributed by atoms with E-state index in [-0.39, 0.29) is 5.25 Å². The summed E-state index contributed by atoms with van der Waals surface area (Å²) in [6.45, 7) is 7.43. The van der Waals surface area contributed by atoms with E-state index in [1.807, 2.05) is 17.5 Å².